The average molecular weight is 340 g/mol. The Labute approximate surface area is 128 Å². The van der Waals surface area contributed by atoms with Gasteiger partial charge in [0.1, 0.15) is 0 Å². The van der Waals surface area contributed by atoms with Crippen molar-refractivity contribution in [2.24, 2.45) is 5.41 Å². The third-order valence-electron chi connectivity index (χ3n) is 4.19. The van der Waals surface area contributed by atoms with Crippen LogP contribution in [-0.2, 0) is 4.79 Å². The Morgan fingerprint density at radius 1 is 1.40 bits per heavy atom. The summed E-state index contributed by atoms with van der Waals surface area (Å²) in [5.74, 6) is 0.320. The van der Waals surface area contributed by atoms with Crippen molar-refractivity contribution >= 4 is 21.8 Å². The lowest BCUT2D eigenvalue weighted by atomic mass is 9.97. The molecule has 1 aromatic carbocycles. The van der Waals surface area contributed by atoms with Gasteiger partial charge in [-0.25, -0.2) is 0 Å². The van der Waals surface area contributed by atoms with Crippen LogP contribution in [0.5, 0.6) is 0 Å². The Hall–Kier alpha value is -0.870. The first-order chi connectivity index (χ1) is 9.54. The fourth-order valence-electron chi connectivity index (χ4n) is 2.47. The van der Waals surface area contributed by atoms with Crippen LogP contribution < -0.4 is 5.32 Å². The molecule has 2 N–H and O–H groups in total. The monoisotopic (exact) mass is 339 g/mol. The number of rotatable bonds is 7. The molecule has 0 bridgehead atoms. The topological polar surface area (TPSA) is 49.3 Å². The number of carbonyl (C=O) groups is 1. The molecular formula is C16H22BrNO2. The Morgan fingerprint density at radius 2 is 2.05 bits per heavy atom. The van der Waals surface area contributed by atoms with Gasteiger partial charge in [0.25, 0.3) is 0 Å². The lowest BCUT2D eigenvalue weighted by Crippen LogP contribution is -2.31. The van der Waals surface area contributed by atoms with Crippen LogP contribution in [-0.4, -0.2) is 24.2 Å². The predicted octanol–water partition coefficient (Wildman–Crippen LogP) is 3.22. The molecule has 1 amide bonds. The van der Waals surface area contributed by atoms with Gasteiger partial charge in [0.05, 0.1) is 0 Å². The molecule has 110 valence electrons. The van der Waals surface area contributed by atoms with Crippen LogP contribution in [0, 0.1) is 5.41 Å². The minimum absolute atomic E-state index is 0.102. The van der Waals surface area contributed by atoms with Gasteiger partial charge in [-0.2, -0.15) is 0 Å². The van der Waals surface area contributed by atoms with Crippen LogP contribution in [0.1, 0.15) is 44.1 Å². The molecule has 1 unspecified atom stereocenters. The second kappa shape index (κ2) is 6.72. The summed E-state index contributed by atoms with van der Waals surface area (Å²) >= 11 is 3.41. The molecule has 2 rings (SSSR count). The lowest BCUT2D eigenvalue weighted by Gasteiger charge is -2.16. The van der Waals surface area contributed by atoms with Gasteiger partial charge in [0.15, 0.2) is 0 Å². The zero-order chi connectivity index (χ0) is 14.6. The summed E-state index contributed by atoms with van der Waals surface area (Å²) < 4.78 is 1.05. The Bertz CT molecular complexity index is 454. The maximum absolute atomic E-state index is 12.0. The van der Waals surface area contributed by atoms with E-state index in [1.54, 1.807) is 0 Å². The van der Waals surface area contributed by atoms with Crippen LogP contribution in [0.2, 0.25) is 0 Å². The maximum atomic E-state index is 12.0. The lowest BCUT2D eigenvalue weighted by molar-refractivity contribution is -0.121. The van der Waals surface area contributed by atoms with Crippen molar-refractivity contribution < 1.29 is 9.90 Å². The van der Waals surface area contributed by atoms with E-state index in [9.17, 15) is 4.79 Å². The quantitative estimate of drug-likeness (QED) is 0.801. The van der Waals surface area contributed by atoms with Crippen LogP contribution in [0.4, 0.5) is 0 Å². The van der Waals surface area contributed by atoms with Crippen molar-refractivity contribution in [2.45, 2.75) is 38.5 Å². The predicted molar refractivity (Wildman–Crippen MR) is 83.6 cm³/mol. The second-order valence-corrected chi connectivity index (χ2v) is 6.82. The molecule has 0 spiro atoms. The number of benzene rings is 1. The van der Waals surface area contributed by atoms with Gasteiger partial charge in [-0.1, -0.05) is 35.0 Å². The molecule has 1 atom stereocenters. The summed E-state index contributed by atoms with van der Waals surface area (Å²) in [6, 6.07) is 8.11. The van der Waals surface area contributed by atoms with Gasteiger partial charge in [0.2, 0.25) is 5.91 Å². The number of carbonyl (C=O) groups excluding carboxylic acids is 1. The average Bonchev–Trinajstić information content (AvgIpc) is 3.18. The summed E-state index contributed by atoms with van der Waals surface area (Å²) in [6.45, 7) is 2.99. The van der Waals surface area contributed by atoms with Crippen LogP contribution in [0.15, 0.2) is 28.7 Å². The molecule has 1 saturated carbocycles. The number of aliphatic hydroxyl groups excluding tert-OH is 1. The molecule has 0 aromatic heterocycles. The molecule has 0 saturated heterocycles. The van der Waals surface area contributed by atoms with E-state index < -0.39 is 0 Å². The Morgan fingerprint density at radius 3 is 2.60 bits per heavy atom. The molecule has 20 heavy (non-hydrogen) atoms. The smallest absolute Gasteiger partial charge is 0.220 e. The first-order valence-corrected chi connectivity index (χ1v) is 7.97. The molecule has 0 aliphatic heterocycles. The van der Waals surface area contributed by atoms with Crippen LogP contribution in [0.25, 0.3) is 0 Å². The fourth-order valence-corrected chi connectivity index (χ4v) is 2.74. The number of amides is 1. The summed E-state index contributed by atoms with van der Waals surface area (Å²) in [4.78, 5) is 12.0. The summed E-state index contributed by atoms with van der Waals surface area (Å²) in [7, 11) is 0. The van der Waals surface area contributed by atoms with Crippen molar-refractivity contribution in [3.63, 3.8) is 0 Å². The summed E-state index contributed by atoms with van der Waals surface area (Å²) in [6.07, 6.45) is 3.55. The maximum Gasteiger partial charge on any atom is 0.220 e. The van der Waals surface area contributed by atoms with Crippen molar-refractivity contribution in [3.05, 3.63) is 34.3 Å². The van der Waals surface area contributed by atoms with Gasteiger partial charge in [-0.05, 0) is 48.3 Å². The van der Waals surface area contributed by atoms with Gasteiger partial charge in [-0.3, -0.25) is 4.79 Å². The highest BCUT2D eigenvalue weighted by molar-refractivity contribution is 9.10. The van der Waals surface area contributed by atoms with Crippen molar-refractivity contribution in [1.82, 2.24) is 5.32 Å². The van der Waals surface area contributed by atoms with E-state index in [2.05, 4.69) is 40.3 Å². The molecule has 1 aromatic rings. The first-order valence-electron chi connectivity index (χ1n) is 7.18. The van der Waals surface area contributed by atoms with Crippen LogP contribution in [0.3, 0.4) is 0 Å². The number of nitrogens with one attached hydrogen (secondary N) is 1. The molecule has 4 heteroatoms. The molecule has 3 nitrogen and oxygen atoms in total. The van der Waals surface area contributed by atoms with E-state index in [4.69, 9.17) is 5.11 Å². The molecule has 1 aliphatic rings. The normalized spacial score (nSPS) is 17.6. The largest absolute Gasteiger partial charge is 0.396 e. The van der Waals surface area contributed by atoms with Gasteiger partial charge in [-0.15, -0.1) is 0 Å². The van der Waals surface area contributed by atoms with E-state index in [0.29, 0.717) is 13.0 Å². The van der Waals surface area contributed by atoms with E-state index in [-0.39, 0.29) is 23.8 Å². The number of aliphatic hydroxyl groups is 1. The van der Waals surface area contributed by atoms with Gasteiger partial charge in [0, 0.05) is 24.0 Å². The highest BCUT2D eigenvalue weighted by Gasteiger charge is 2.41. The van der Waals surface area contributed by atoms with Crippen LogP contribution >= 0.6 is 15.9 Å². The molecule has 1 fully saturated rings. The highest BCUT2D eigenvalue weighted by atomic mass is 79.9. The second-order valence-electron chi connectivity index (χ2n) is 5.91. The number of halogens is 1. The van der Waals surface area contributed by atoms with E-state index >= 15 is 0 Å². The molecular weight excluding hydrogens is 318 g/mol. The summed E-state index contributed by atoms with van der Waals surface area (Å²) in [5, 5.41) is 12.0. The van der Waals surface area contributed by atoms with Crippen molar-refractivity contribution in [3.8, 4) is 0 Å². The standard InChI is InChI=1S/C16H22BrNO2/c1-12(13-2-4-14(17)5-3-13)10-15(20)18-11-16(6-7-16)8-9-19/h2-5,12,19H,6-11H2,1H3,(H,18,20). The Balaban J connectivity index is 1.78. The number of hydrogen-bond acceptors (Lipinski definition) is 2. The van der Waals surface area contributed by atoms with E-state index in [0.717, 1.165) is 23.7 Å². The third kappa shape index (κ3) is 4.32. The molecule has 0 radical (unpaired) electrons. The van der Waals surface area contributed by atoms with E-state index in [1.165, 1.54) is 5.56 Å². The van der Waals surface area contributed by atoms with Crippen molar-refractivity contribution in [1.29, 1.82) is 0 Å². The zero-order valence-corrected chi connectivity index (χ0v) is 13.4. The molecule has 1 aliphatic carbocycles. The SMILES string of the molecule is CC(CC(=O)NCC1(CCO)CC1)c1ccc(Br)cc1. The van der Waals surface area contributed by atoms with Crippen molar-refractivity contribution in [2.75, 3.05) is 13.2 Å². The van der Waals surface area contributed by atoms with E-state index in [1.807, 2.05) is 12.1 Å². The minimum Gasteiger partial charge on any atom is -0.396 e. The van der Waals surface area contributed by atoms with Gasteiger partial charge >= 0.3 is 0 Å². The zero-order valence-electron chi connectivity index (χ0n) is 11.9. The molecule has 0 heterocycles. The highest BCUT2D eigenvalue weighted by Crippen LogP contribution is 2.47. The van der Waals surface area contributed by atoms with Gasteiger partial charge < -0.3 is 10.4 Å². The number of hydrogen-bond donors (Lipinski definition) is 2. The first kappa shape index (κ1) is 15.5. The Kier molecular flexibility index (Phi) is 5.22. The third-order valence-corrected chi connectivity index (χ3v) is 4.72. The minimum atomic E-state index is 0.102. The fraction of sp³-hybridized carbons (Fsp3) is 0.562. The summed E-state index contributed by atoms with van der Waals surface area (Å²) in [5.41, 5.74) is 1.37.